The summed E-state index contributed by atoms with van der Waals surface area (Å²) in [5.74, 6) is -0.151. The van der Waals surface area contributed by atoms with Gasteiger partial charge in [0.15, 0.2) is 4.80 Å². The van der Waals surface area contributed by atoms with E-state index >= 15 is 0 Å². The van der Waals surface area contributed by atoms with E-state index in [2.05, 4.69) is 0 Å². The summed E-state index contributed by atoms with van der Waals surface area (Å²) in [7, 11) is 0. The zero-order chi connectivity index (χ0) is 29.4. The number of halogens is 3. The van der Waals surface area contributed by atoms with Gasteiger partial charge in [-0.3, -0.25) is 9.36 Å². The number of rotatable bonds is 6. The van der Waals surface area contributed by atoms with Gasteiger partial charge in [-0.25, -0.2) is 14.2 Å². The molecule has 6 nitrogen and oxygen atoms in total. The first-order valence-corrected chi connectivity index (χ1v) is 14.5. The number of nitrogens with zero attached hydrogens (tertiary/aromatic N) is 2. The van der Waals surface area contributed by atoms with Gasteiger partial charge in [0, 0.05) is 17.2 Å². The van der Waals surface area contributed by atoms with Crippen LogP contribution in [-0.2, 0) is 9.53 Å². The number of carbonyl (C=O) groups excluding carboxylic acids is 1. The molecule has 0 bridgehead atoms. The summed E-state index contributed by atoms with van der Waals surface area (Å²) in [5.41, 5.74) is 2.01. The monoisotopic (exact) mass is 618 g/mol. The molecule has 1 unspecified atom stereocenters. The predicted molar refractivity (Wildman–Crippen MR) is 162 cm³/mol. The summed E-state index contributed by atoms with van der Waals surface area (Å²) >= 11 is 13.7. The molecule has 210 valence electrons. The van der Waals surface area contributed by atoms with E-state index in [-0.39, 0.29) is 17.7 Å². The lowest BCUT2D eigenvalue weighted by molar-refractivity contribution is -0.138. The molecule has 0 aliphatic carbocycles. The van der Waals surface area contributed by atoms with E-state index in [1.54, 1.807) is 55.5 Å². The molecule has 0 N–H and O–H groups in total. The van der Waals surface area contributed by atoms with Crippen LogP contribution in [0.25, 0.3) is 23.1 Å². The third kappa shape index (κ3) is 5.13. The minimum Gasteiger partial charge on any atom is -0.463 e. The Balaban J connectivity index is 1.56. The molecule has 0 saturated heterocycles. The van der Waals surface area contributed by atoms with Crippen molar-refractivity contribution in [3.8, 4) is 11.3 Å². The van der Waals surface area contributed by atoms with Crippen LogP contribution in [0.5, 0.6) is 0 Å². The molecule has 1 aliphatic heterocycles. The SMILES string of the molecule is CCOC(=O)C1=C(c2ccccc2)N=c2s/c(=C\c3ccc(-c4cccc(Cl)c4Cl)o3)c(=O)n2C1c1ccc(F)cc1. The maximum absolute atomic E-state index is 14.0. The fourth-order valence-electron chi connectivity index (χ4n) is 4.80. The second-order valence-electron chi connectivity index (χ2n) is 9.29. The molecule has 1 atom stereocenters. The molecule has 6 rings (SSSR count). The standard InChI is InChI=1S/C32H21Cl2FN2O4S/c1-2-40-31(39)26-28(18-7-4-3-5-8-18)36-32-37(29(26)19-11-13-20(35)14-12-19)30(38)25(42-32)17-21-15-16-24(41-21)22-9-6-10-23(33)27(22)34/h3-17,29H,2H2,1H3/b25-17-. The van der Waals surface area contributed by atoms with Gasteiger partial charge in [-0.15, -0.1) is 0 Å². The summed E-state index contributed by atoms with van der Waals surface area (Å²) in [6.07, 6.45) is 1.61. The summed E-state index contributed by atoms with van der Waals surface area (Å²) in [6.45, 7) is 1.83. The number of aromatic nitrogens is 1. The molecule has 0 saturated carbocycles. The van der Waals surface area contributed by atoms with Gasteiger partial charge in [0.05, 0.1) is 38.5 Å². The largest absolute Gasteiger partial charge is 0.463 e. The molecule has 42 heavy (non-hydrogen) atoms. The van der Waals surface area contributed by atoms with E-state index < -0.39 is 17.8 Å². The lowest BCUT2D eigenvalue weighted by Gasteiger charge is -2.25. The van der Waals surface area contributed by atoms with Crippen LogP contribution in [-0.4, -0.2) is 17.1 Å². The van der Waals surface area contributed by atoms with Crippen LogP contribution < -0.4 is 14.9 Å². The van der Waals surface area contributed by atoms with Gasteiger partial charge in [0.2, 0.25) is 0 Å². The van der Waals surface area contributed by atoms with Gasteiger partial charge >= 0.3 is 5.97 Å². The van der Waals surface area contributed by atoms with Crippen LogP contribution in [0.15, 0.2) is 105 Å². The predicted octanol–water partition coefficient (Wildman–Crippen LogP) is 6.64. The lowest BCUT2D eigenvalue weighted by Crippen LogP contribution is -2.40. The smallest absolute Gasteiger partial charge is 0.338 e. The van der Waals surface area contributed by atoms with Gasteiger partial charge < -0.3 is 9.15 Å². The Bertz CT molecular complexity index is 2030. The minimum absolute atomic E-state index is 0.127. The molecule has 0 spiro atoms. The van der Waals surface area contributed by atoms with Crippen LogP contribution in [0.2, 0.25) is 10.0 Å². The topological polar surface area (TPSA) is 73.8 Å². The number of fused-ring (bicyclic) bond motifs is 1. The average Bonchev–Trinajstić information content (AvgIpc) is 3.58. The highest BCUT2D eigenvalue weighted by molar-refractivity contribution is 7.07. The van der Waals surface area contributed by atoms with E-state index in [0.717, 1.165) is 11.3 Å². The molecule has 3 aromatic carbocycles. The summed E-state index contributed by atoms with van der Waals surface area (Å²) < 4.78 is 27.2. The minimum atomic E-state index is -0.907. The van der Waals surface area contributed by atoms with Gasteiger partial charge in [-0.05, 0) is 48.9 Å². The first-order chi connectivity index (χ1) is 20.4. The summed E-state index contributed by atoms with van der Waals surface area (Å²) in [5, 5.41) is 0.756. The lowest BCUT2D eigenvalue weighted by atomic mass is 9.93. The van der Waals surface area contributed by atoms with Crippen molar-refractivity contribution < 1.29 is 18.3 Å². The Kier molecular flexibility index (Phi) is 7.68. The van der Waals surface area contributed by atoms with E-state index in [4.69, 9.17) is 37.3 Å². The molecule has 5 aromatic rings. The number of ether oxygens (including phenoxy) is 1. The molecule has 3 heterocycles. The highest BCUT2D eigenvalue weighted by Gasteiger charge is 2.35. The third-order valence-corrected chi connectivity index (χ3v) is 8.48. The average molecular weight is 620 g/mol. The van der Waals surface area contributed by atoms with Crippen molar-refractivity contribution in [2.75, 3.05) is 6.61 Å². The number of hydrogen-bond donors (Lipinski definition) is 0. The van der Waals surface area contributed by atoms with E-state index in [9.17, 15) is 14.0 Å². The fourth-order valence-corrected chi connectivity index (χ4v) is 6.17. The molecule has 1 aliphatic rings. The van der Waals surface area contributed by atoms with E-state index in [1.807, 2.05) is 30.3 Å². The van der Waals surface area contributed by atoms with Crippen molar-refractivity contribution in [3.63, 3.8) is 0 Å². The Morgan fingerprint density at radius 3 is 2.55 bits per heavy atom. The van der Waals surface area contributed by atoms with Crippen LogP contribution in [0.3, 0.4) is 0 Å². The zero-order valence-electron chi connectivity index (χ0n) is 22.0. The Morgan fingerprint density at radius 1 is 1.05 bits per heavy atom. The van der Waals surface area contributed by atoms with E-state index in [1.165, 1.54) is 16.7 Å². The number of carbonyl (C=O) groups is 1. The second-order valence-corrected chi connectivity index (χ2v) is 11.1. The number of furan rings is 1. The molecular formula is C32H21Cl2FN2O4S. The Labute approximate surface area is 253 Å². The molecule has 2 aromatic heterocycles. The van der Waals surface area contributed by atoms with E-state index in [0.29, 0.717) is 53.3 Å². The molecule has 0 fully saturated rings. The van der Waals surface area contributed by atoms with Gasteiger partial charge in [0.1, 0.15) is 17.3 Å². The first kappa shape index (κ1) is 27.9. The molecule has 0 amide bonds. The van der Waals surface area contributed by atoms with Crippen LogP contribution in [0.1, 0.15) is 29.9 Å². The Morgan fingerprint density at radius 2 is 1.81 bits per heavy atom. The van der Waals surface area contributed by atoms with Crippen LogP contribution >= 0.6 is 34.5 Å². The van der Waals surface area contributed by atoms with Crippen molar-refractivity contribution in [2.45, 2.75) is 13.0 Å². The summed E-state index contributed by atoms with van der Waals surface area (Å²) in [6, 6.07) is 22.7. The maximum atomic E-state index is 14.0. The van der Waals surface area contributed by atoms with Gasteiger partial charge in [-0.2, -0.15) is 0 Å². The van der Waals surface area contributed by atoms with Crippen molar-refractivity contribution >= 4 is 52.3 Å². The zero-order valence-corrected chi connectivity index (χ0v) is 24.3. The van der Waals surface area contributed by atoms with Crippen LogP contribution in [0.4, 0.5) is 4.39 Å². The third-order valence-electron chi connectivity index (χ3n) is 6.68. The molecule has 10 heteroatoms. The van der Waals surface area contributed by atoms with Crippen molar-refractivity contribution in [1.82, 2.24) is 4.57 Å². The maximum Gasteiger partial charge on any atom is 0.338 e. The number of hydrogen-bond acceptors (Lipinski definition) is 6. The quantitative estimate of drug-likeness (QED) is 0.200. The molecular weight excluding hydrogens is 598 g/mol. The number of thiazole rings is 1. The fraction of sp³-hybridized carbons (Fsp3) is 0.0938. The highest BCUT2D eigenvalue weighted by atomic mass is 35.5. The first-order valence-electron chi connectivity index (χ1n) is 12.9. The number of benzene rings is 3. The Hall–Kier alpha value is -4.24. The van der Waals surface area contributed by atoms with Gasteiger partial charge in [0.25, 0.3) is 5.56 Å². The van der Waals surface area contributed by atoms with Crippen LogP contribution in [0, 0.1) is 5.82 Å². The summed E-state index contributed by atoms with van der Waals surface area (Å²) in [4.78, 5) is 32.6. The second kappa shape index (κ2) is 11.6. The van der Waals surface area contributed by atoms with Crippen molar-refractivity contribution in [3.05, 3.63) is 143 Å². The highest BCUT2D eigenvalue weighted by Crippen LogP contribution is 2.36. The van der Waals surface area contributed by atoms with Gasteiger partial charge in [-0.1, -0.05) is 83.1 Å². The normalized spacial score (nSPS) is 15.0. The van der Waals surface area contributed by atoms with Crippen molar-refractivity contribution in [2.24, 2.45) is 4.99 Å². The number of esters is 1. The molecule has 0 radical (unpaired) electrons. The van der Waals surface area contributed by atoms with Crippen molar-refractivity contribution in [1.29, 1.82) is 0 Å².